The van der Waals surface area contributed by atoms with E-state index in [0.717, 1.165) is 30.5 Å². The molecular weight excluding hydrogens is 368 g/mol. The van der Waals surface area contributed by atoms with E-state index in [4.69, 9.17) is 4.74 Å². The number of ether oxygens (including phenoxy) is 1. The summed E-state index contributed by atoms with van der Waals surface area (Å²) in [6.07, 6.45) is 3.01. The molecule has 1 aliphatic rings. The van der Waals surface area contributed by atoms with Gasteiger partial charge in [0.15, 0.2) is 0 Å². The zero-order valence-electron chi connectivity index (χ0n) is 16.9. The number of rotatable bonds is 7. The highest BCUT2D eigenvalue weighted by atomic mass is 16.5. The summed E-state index contributed by atoms with van der Waals surface area (Å²) in [5.74, 6) is -0.498. The average molecular weight is 394 g/mol. The van der Waals surface area contributed by atoms with Gasteiger partial charge < -0.3 is 15.0 Å². The molecule has 6 nitrogen and oxygen atoms in total. The van der Waals surface area contributed by atoms with Crippen LogP contribution in [0.25, 0.3) is 0 Å². The highest BCUT2D eigenvalue weighted by molar-refractivity contribution is 6.05. The van der Waals surface area contributed by atoms with Crippen molar-refractivity contribution in [2.75, 3.05) is 23.4 Å². The number of hydrogen-bond donors (Lipinski definition) is 1. The molecule has 0 unspecified atom stereocenters. The molecule has 0 saturated carbocycles. The second-order valence-corrected chi connectivity index (χ2v) is 7.01. The number of benzene rings is 2. The summed E-state index contributed by atoms with van der Waals surface area (Å²) in [6, 6.07) is 12.1. The molecule has 1 heterocycles. The van der Waals surface area contributed by atoms with E-state index in [-0.39, 0.29) is 17.8 Å². The maximum atomic E-state index is 12.6. The van der Waals surface area contributed by atoms with E-state index in [9.17, 15) is 14.4 Å². The van der Waals surface area contributed by atoms with Crippen molar-refractivity contribution in [2.24, 2.45) is 0 Å². The lowest BCUT2D eigenvalue weighted by molar-refractivity contribution is -0.118. The number of carbonyl (C=O) groups excluding carboxylic acids is 3. The van der Waals surface area contributed by atoms with Gasteiger partial charge in [0.05, 0.1) is 12.2 Å². The molecule has 3 rings (SSSR count). The van der Waals surface area contributed by atoms with Crippen LogP contribution in [-0.4, -0.2) is 30.9 Å². The molecule has 2 aromatic carbocycles. The van der Waals surface area contributed by atoms with Crippen molar-refractivity contribution in [3.8, 4) is 0 Å². The average Bonchev–Trinajstić information content (AvgIpc) is 3.17. The van der Waals surface area contributed by atoms with E-state index in [2.05, 4.69) is 5.32 Å². The molecule has 0 atom stereocenters. The summed E-state index contributed by atoms with van der Waals surface area (Å²) in [7, 11) is 0. The molecule has 6 heteroatoms. The summed E-state index contributed by atoms with van der Waals surface area (Å²) in [4.78, 5) is 38.3. The number of anilines is 2. The van der Waals surface area contributed by atoms with Crippen LogP contribution in [0.2, 0.25) is 0 Å². The van der Waals surface area contributed by atoms with Crippen molar-refractivity contribution >= 4 is 29.2 Å². The van der Waals surface area contributed by atoms with E-state index in [1.54, 1.807) is 35.2 Å². The number of esters is 1. The van der Waals surface area contributed by atoms with Crippen LogP contribution in [0.15, 0.2) is 42.5 Å². The first kappa shape index (κ1) is 20.6. The molecule has 0 aromatic heterocycles. The van der Waals surface area contributed by atoms with E-state index in [0.29, 0.717) is 36.4 Å². The normalized spacial score (nSPS) is 12.4. The molecule has 29 heavy (non-hydrogen) atoms. The first-order chi connectivity index (χ1) is 14.0. The standard InChI is InChI=1S/C23H26N2O4/c1-3-5-14-29-23(28)16-6-9-19(10-7-16)24-22(27)18-8-11-20-17(15-18)12-13-25(20)21(26)4-2/h6-11,15H,3-5,12-14H2,1-2H3,(H,24,27). The molecule has 2 aromatic rings. The van der Waals surface area contributed by atoms with Crippen molar-refractivity contribution in [1.29, 1.82) is 0 Å². The second kappa shape index (κ2) is 9.37. The van der Waals surface area contributed by atoms with E-state index in [1.807, 2.05) is 26.0 Å². The third kappa shape index (κ3) is 4.83. The Morgan fingerprint density at radius 2 is 1.76 bits per heavy atom. The fourth-order valence-corrected chi connectivity index (χ4v) is 3.28. The first-order valence-corrected chi connectivity index (χ1v) is 10.0. The van der Waals surface area contributed by atoms with Gasteiger partial charge in [-0.3, -0.25) is 9.59 Å². The van der Waals surface area contributed by atoms with Crippen LogP contribution < -0.4 is 10.2 Å². The topological polar surface area (TPSA) is 75.7 Å². The minimum absolute atomic E-state index is 0.0919. The van der Waals surface area contributed by atoms with Gasteiger partial charge in [-0.1, -0.05) is 20.3 Å². The predicted octanol–water partition coefficient (Wildman–Crippen LogP) is 4.19. The summed E-state index contributed by atoms with van der Waals surface area (Å²) in [6.45, 7) is 4.95. The van der Waals surface area contributed by atoms with Crippen molar-refractivity contribution in [2.45, 2.75) is 39.5 Å². The van der Waals surface area contributed by atoms with Gasteiger partial charge in [-0.25, -0.2) is 4.79 Å². The Morgan fingerprint density at radius 3 is 2.45 bits per heavy atom. The summed E-state index contributed by atoms with van der Waals surface area (Å²) in [5, 5.41) is 2.84. The van der Waals surface area contributed by atoms with Gasteiger partial charge >= 0.3 is 5.97 Å². The molecule has 0 bridgehead atoms. The third-order valence-electron chi connectivity index (χ3n) is 4.95. The maximum absolute atomic E-state index is 12.6. The van der Waals surface area contributed by atoms with Gasteiger partial charge in [0, 0.05) is 29.9 Å². The SMILES string of the molecule is CCCCOC(=O)c1ccc(NC(=O)c2ccc3c(c2)CCN3C(=O)CC)cc1. The molecule has 152 valence electrons. The van der Waals surface area contributed by atoms with Crippen LogP contribution in [0.4, 0.5) is 11.4 Å². The Kier molecular flexibility index (Phi) is 6.65. The molecule has 1 aliphatic heterocycles. The Balaban J connectivity index is 1.63. The molecule has 0 fully saturated rings. The lowest BCUT2D eigenvalue weighted by atomic mass is 10.1. The van der Waals surface area contributed by atoms with E-state index >= 15 is 0 Å². The van der Waals surface area contributed by atoms with Crippen molar-refractivity contribution in [3.63, 3.8) is 0 Å². The quantitative estimate of drug-likeness (QED) is 0.564. The van der Waals surface area contributed by atoms with Crippen molar-refractivity contribution in [3.05, 3.63) is 59.2 Å². The minimum atomic E-state index is -0.360. The van der Waals surface area contributed by atoms with Gasteiger partial charge in [-0.05, 0) is 60.9 Å². The van der Waals surface area contributed by atoms with Crippen molar-refractivity contribution < 1.29 is 19.1 Å². The van der Waals surface area contributed by atoms with E-state index in [1.165, 1.54) is 0 Å². The zero-order chi connectivity index (χ0) is 20.8. The Morgan fingerprint density at radius 1 is 1.03 bits per heavy atom. The highest BCUT2D eigenvalue weighted by Crippen LogP contribution is 2.29. The van der Waals surface area contributed by atoms with Crippen LogP contribution in [-0.2, 0) is 16.0 Å². The summed E-state index contributed by atoms with van der Waals surface area (Å²) >= 11 is 0. The molecule has 1 N–H and O–H groups in total. The predicted molar refractivity (Wildman–Crippen MR) is 112 cm³/mol. The fraction of sp³-hybridized carbons (Fsp3) is 0.348. The van der Waals surface area contributed by atoms with Gasteiger partial charge in [0.25, 0.3) is 5.91 Å². The largest absolute Gasteiger partial charge is 0.462 e. The van der Waals surface area contributed by atoms with Crippen LogP contribution in [0, 0.1) is 0 Å². The second-order valence-electron chi connectivity index (χ2n) is 7.01. The molecule has 0 radical (unpaired) electrons. The summed E-state index contributed by atoms with van der Waals surface area (Å²) in [5.41, 5.74) is 3.49. The number of carbonyl (C=O) groups is 3. The van der Waals surface area contributed by atoms with Crippen LogP contribution in [0.1, 0.15) is 59.4 Å². The maximum Gasteiger partial charge on any atom is 0.338 e. The van der Waals surface area contributed by atoms with Crippen LogP contribution in [0.5, 0.6) is 0 Å². The zero-order valence-corrected chi connectivity index (χ0v) is 16.9. The van der Waals surface area contributed by atoms with Gasteiger partial charge in [-0.15, -0.1) is 0 Å². The van der Waals surface area contributed by atoms with Gasteiger partial charge in [0.1, 0.15) is 0 Å². The van der Waals surface area contributed by atoms with Crippen LogP contribution in [0.3, 0.4) is 0 Å². The van der Waals surface area contributed by atoms with Gasteiger partial charge in [-0.2, -0.15) is 0 Å². The summed E-state index contributed by atoms with van der Waals surface area (Å²) < 4.78 is 5.18. The molecule has 2 amide bonds. The lowest BCUT2D eigenvalue weighted by Gasteiger charge is -2.16. The number of nitrogens with one attached hydrogen (secondary N) is 1. The van der Waals surface area contributed by atoms with Gasteiger partial charge in [0.2, 0.25) is 5.91 Å². The smallest absolute Gasteiger partial charge is 0.338 e. The first-order valence-electron chi connectivity index (χ1n) is 10.0. The monoisotopic (exact) mass is 394 g/mol. The molecule has 0 spiro atoms. The number of unbranched alkanes of at least 4 members (excludes halogenated alkanes) is 1. The Bertz CT molecular complexity index is 906. The van der Waals surface area contributed by atoms with Crippen LogP contribution >= 0.6 is 0 Å². The van der Waals surface area contributed by atoms with Crippen molar-refractivity contribution in [1.82, 2.24) is 0 Å². The fourth-order valence-electron chi connectivity index (χ4n) is 3.28. The van der Waals surface area contributed by atoms with E-state index < -0.39 is 0 Å². The number of hydrogen-bond acceptors (Lipinski definition) is 4. The molecule has 0 aliphatic carbocycles. The lowest BCUT2D eigenvalue weighted by Crippen LogP contribution is -2.27. The Labute approximate surface area is 170 Å². The molecule has 0 saturated heterocycles. The number of amides is 2. The third-order valence-corrected chi connectivity index (χ3v) is 4.95. The minimum Gasteiger partial charge on any atom is -0.462 e. The Hall–Kier alpha value is -3.15. The molecular formula is C23H26N2O4. The number of nitrogens with zero attached hydrogens (tertiary/aromatic N) is 1. The highest BCUT2D eigenvalue weighted by Gasteiger charge is 2.24. The number of fused-ring (bicyclic) bond motifs is 1.